The summed E-state index contributed by atoms with van der Waals surface area (Å²) in [5.41, 5.74) is 2.26. The Morgan fingerprint density at radius 2 is 1.76 bits per heavy atom. The maximum atomic E-state index is 12.6. The second kappa shape index (κ2) is 11.5. The summed E-state index contributed by atoms with van der Waals surface area (Å²) >= 11 is 6.62. The van der Waals surface area contributed by atoms with Crippen LogP contribution >= 0.6 is 24.0 Å². The molecule has 1 saturated heterocycles. The highest BCUT2D eigenvalue weighted by Gasteiger charge is 2.31. The van der Waals surface area contributed by atoms with Gasteiger partial charge in [0.25, 0.3) is 5.91 Å². The van der Waals surface area contributed by atoms with Crippen LogP contribution in [0.15, 0.2) is 66.1 Å². The SMILES string of the molecule is C=CCN1C(=O)C(=Cc2ccccc2OCCOc2ccc(C3CCCCC3)cc2)SC1=S. The van der Waals surface area contributed by atoms with Crippen molar-refractivity contribution in [3.63, 3.8) is 0 Å². The third-order valence-electron chi connectivity index (χ3n) is 5.96. The molecule has 0 atom stereocenters. The molecule has 33 heavy (non-hydrogen) atoms. The van der Waals surface area contributed by atoms with Crippen LogP contribution in [0.25, 0.3) is 6.08 Å². The number of hydrogen-bond donors (Lipinski definition) is 0. The van der Waals surface area contributed by atoms with Gasteiger partial charge in [0.2, 0.25) is 0 Å². The van der Waals surface area contributed by atoms with E-state index in [1.165, 1.54) is 49.4 Å². The number of rotatable bonds is 9. The zero-order valence-electron chi connectivity index (χ0n) is 18.7. The summed E-state index contributed by atoms with van der Waals surface area (Å²) in [6, 6.07) is 16.2. The fourth-order valence-corrected chi connectivity index (χ4v) is 5.51. The van der Waals surface area contributed by atoms with E-state index in [0.29, 0.717) is 40.7 Å². The van der Waals surface area contributed by atoms with E-state index in [-0.39, 0.29) is 5.91 Å². The molecule has 0 bridgehead atoms. The second-order valence-electron chi connectivity index (χ2n) is 8.22. The van der Waals surface area contributed by atoms with Crippen molar-refractivity contribution in [1.82, 2.24) is 4.90 Å². The Bertz CT molecular complexity index is 1030. The third-order valence-corrected chi connectivity index (χ3v) is 7.33. The second-order valence-corrected chi connectivity index (χ2v) is 9.90. The highest BCUT2D eigenvalue weighted by molar-refractivity contribution is 8.26. The molecule has 6 heteroatoms. The van der Waals surface area contributed by atoms with Crippen molar-refractivity contribution >= 4 is 40.3 Å². The van der Waals surface area contributed by atoms with E-state index in [4.69, 9.17) is 21.7 Å². The van der Waals surface area contributed by atoms with E-state index in [9.17, 15) is 4.79 Å². The predicted octanol–water partition coefficient (Wildman–Crippen LogP) is 6.58. The largest absolute Gasteiger partial charge is 0.490 e. The van der Waals surface area contributed by atoms with Crippen LogP contribution in [0.3, 0.4) is 0 Å². The Morgan fingerprint density at radius 1 is 1.03 bits per heavy atom. The molecule has 2 aromatic carbocycles. The molecule has 172 valence electrons. The van der Waals surface area contributed by atoms with E-state index < -0.39 is 0 Å². The van der Waals surface area contributed by atoms with E-state index in [1.807, 2.05) is 30.3 Å². The van der Waals surface area contributed by atoms with Gasteiger partial charge in [0.05, 0.1) is 4.91 Å². The fourth-order valence-electron chi connectivity index (χ4n) is 4.24. The Hall–Kier alpha value is -2.57. The minimum atomic E-state index is -0.0975. The number of hydrogen-bond acceptors (Lipinski definition) is 5. The van der Waals surface area contributed by atoms with E-state index in [1.54, 1.807) is 11.0 Å². The van der Waals surface area contributed by atoms with E-state index >= 15 is 0 Å². The smallest absolute Gasteiger partial charge is 0.266 e. The molecule has 0 aromatic heterocycles. The van der Waals surface area contributed by atoms with Crippen molar-refractivity contribution < 1.29 is 14.3 Å². The molecule has 4 nitrogen and oxygen atoms in total. The Labute approximate surface area is 205 Å². The molecule has 1 amide bonds. The number of para-hydroxylation sites is 1. The van der Waals surface area contributed by atoms with Gasteiger partial charge in [-0.25, -0.2) is 0 Å². The van der Waals surface area contributed by atoms with Crippen molar-refractivity contribution in [3.8, 4) is 11.5 Å². The average Bonchev–Trinajstić information content (AvgIpc) is 3.11. The minimum Gasteiger partial charge on any atom is -0.490 e. The minimum absolute atomic E-state index is 0.0975. The molecule has 0 radical (unpaired) electrons. The molecule has 2 fully saturated rings. The number of amides is 1. The van der Waals surface area contributed by atoms with Gasteiger partial charge in [-0.05, 0) is 48.6 Å². The van der Waals surface area contributed by atoms with Crippen molar-refractivity contribution in [2.75, 3.05) is 19.8 Å². The highest BCUT2D eigenvalue weighted by atomic mass is 32.2. The summed E-state index contributed by atoms with van der Waals surface area (Å²) in [7, 11) is 0. The van der Waals surface area contributed by atoms with Crippen molar-refractivity contribution in [3.05, 3.63) is 77.2 Å². The van der Waals surface area contributed by atoms with Crippen LogP contribution in [0, 0.1) is 0 Å². The van der Waals surface area contributed by atoms with Gasteiger partial charge in [0, 0.05) is 12.1 Å². The monoisotopic (exact) mass is 479 g/mol. The van der Waals surface area contributed by atoms with Crippen LogP contribution in [0.4, 0.5) is 0 Å². The molecule has 2 aliphatic rings. The summed E-state index contributed by atoms with van der Waals surface area (Å²) < 4.78 is 12.4. The van der Waals surface area contributed by atoms with Gasteiger partial charge >= 0.3 is 0 Å². The molecular weight excluding hydrogens is 450 g/mol. The van der Waals surface area contributed by atoms with Gasteiger partial charge in [0.15, 0.2) is 0 Å². The molecule has 1 aliphatic heterocycles. The zero-order valence-corrected chi connectivity index (χ0v) is 20.3. The van der Waals surface area contributed by atoms with Gasteiger partial charge < -0.3 is 9.47 Å². The molecule has 1 saturated carbocycles. The van der Waals surface area contributed by atoms with Crippen LogP contribution < -0.4 is 9.47 Å². The van der Waals surface area contributed by atoms with Crippen LogP contribution in [0.5, 0.6) is 11.5 Å². The standard InChI is InChI=1S/C27H29NO3S2/c1-2-16-28-26(29)25(33-27(28)32)19-22-10-6-7-11-24(22)31-18-17-30-23-14-12-21(13-15-23)20-8-4-3-5-9-20/h2,6-7,10-15,19-20H,1,3-5,8-9,16-18H2. The van der Waals surface area contributed by atoms with Gasteiger partial charge in [-0.2, -0.15) is 0 Å². The summed E-state index contributed by atoms with van der Waals surface area (Å²) in [6.45, 7) is 4.96. The highest BCUT2D eigenvalue weighted by Crippen LogP contribution is 2.35. The van der Waals surface area contributed by atoms with Crippen LogP contribution in [0.1, 0.15) is 49.1 Å². The lowest BCUT2D eigenvalue weighted by atomic mass is 9.84. The third kappa shape index (κ3) is 6.06. The summed E-state index contributed by atoms with van der Waals surface area (Å²) in [5, 5.41) is 0. The first-order chi connectivity index (χ1) is 16.2. The number of carbonyl (C=O) groups is 1. The maximum Gasteiger partial charge on any atom is 0.266 e. The molecule has 1 heterocycles. The van der Waals surface area contributed by atoms with Crippen molar-refractivity contribution in [1.29, 1.82) is 0 Å². The Kier molecular flexibility index (Phi) is 8.24. The van der Waals surface area contributed by atoms with Crippen LogP contribution in [0.2, 0.25) is 0 Å². The lowest BCUT2D eigenvalue weighted by molar-refractivity contribution is -0.121. The fraction of sp³-hybridized carbons (Fsp3) is 0.333. The molecular formula is C27H29NO3S2. The Morgan fingerprint density at radius 3 is 2.52 bits per heavy atom. The molecule has 4 rings (SSSR count). The van der Waals surface area contributed by atoms with Crippen molar-refractivity contribution in [2.24, 2.45) is 0 Å². The number of thioether (sulfide) groups is 1. The lowest BCUT2D eigenvalue weighted by Crippen LogP contribution is -2.27. The maximum absolute atomic E-state index is 12.6. The molecule has 0 unspecified atom stereocenters. The topological polar surface area (TPSA) is 38.8 Å². The number of nitrogens with zero attached hydrogens (tertiary/aromatic N) is 1. The normalized spacial score (nSPS) is 18.1. The molecule has 1 aliphatic carbocycles. The van der Waals surface area contributed by atoms with Gasteiger partial charge in [0.1, 0.15) is 29.0 Å². The Balaban J connectivity index is 1.31. The molecule has 0 N–H and O–H groups in total. The molecule has 0 spiro atoms. The average molecular weight is 480 g/mol. The number of carbonyl (C=O) groups excluding carboxylic acids is 1. The summed E-state index contributed by atoms with van der Waals surface area (Å²) in [5.74, 6) is 2.17. The molecule has 2 aromatic rings. The van der Waals surface area contributed by atoms with Gasteiger partial charge in [-0.1, -0.05) is 79.7 Å². The number of ether oxygens (including phenoxy) is 2. The summed E-state index contributed by atoms with van der Waals surface area (Å²) in [6.07, 6.45) is 10.2. The van der Waals surface area contributed by atoms with E-state index in [2.05, 4.69) is 30.8 Å². The van der Waals surface area contributed by atoms with Gasteiger partial charge in [-0.3, -0.25) is 9.69 Å². The van der Waals surface area contributed by atoms with Crippen molar-refractivity contribution in [2.45, 2.75) is 38.0 Å². The summed E-state index contributed by atoms with van der Waals surface area (Å²) in [4.78, 5) is 14.7. The van der Waals surface area contributed by atoms with Crippen LogP contribution in [-0.4, -0.2) is 34.9 Å². The first-order valence-corrected chi connectivity index (χ1v) is 12.7. The predicted molar refractivity (Wildman–Crippen MR) is 140 cm³/mol. The van der Waals surface area contributed by atoms with E-state index in [0.717, 1.165) is 11.3 Å². The number of thiocarbonyl (C=S) groups is 1. The lowest BCUT2D eigenvalue weighted by Gasteiger charge is -2.22. The quantitative estimate of drug-likeness (QED) is 0.176. The zero-order chi connectivity index (χ0) is 23.0. The van der Waals surface area contributed by atoms with Crippen LogP contribution in [-0.2, 0) is 4.79 Å². The number of benzene rings is 2. The first-order valence-electron chi connectivity index (χ1n) is 11.5. The van der Waals surface area contributed by atoms with Gasteiger partial charge in [-0.15, -0.1) is 6.58 Å². The first kappa shape index (κ1) is 23.6.